The van der Waals surface area contributed by atoms with Crippen molar-refractivity contribution in [3.8, 4) is 11.6 Å². The maximum absolute atomic E-state index is 14.4. The van der Waals surface area contributed by atoms with Crippen LogP contribution in [0.3, 0.4) is 0 Å². The van der Waals surface area contributed by atoms with Crippen LogP contribution in [0.15, 0.2) is 48.4 Å². The summed E-state index contributed by atoms with van der Waals surface area (Å²) in [6.07, 6.45) is -1.65. The Balaban J connectivity index is 1.40. The molecule has 0 saturated carbocycles. The van der Waals surface area contributed by atoms with Crippen LogP contribution in [0.1, 0.15) is 11.1 Å². The summed E-state index contributed by atoms with van der Waals surface area (Å²) >= 11 is 1.40. The number of ether oxygens (including phenoxy) is 1. The number of fused-ring (bicyclic) bond motifs is 1. The summed E-state index contributed by atoms with van der Waals surface area (Å²) in [7, 11) is 0. The summed E-state index contributed by atoms with van der Waals surface area (Å²) in [6.45, 7) is 0.471. The molecule has 0 spiro atoms. The molecule has 6 nitrogen and oxygen atoms in total. The van der Waals surface area contributed by atoms with Gasteiger partial charge in [-0.15, -0.1) is 11.3 Å². The third-order valence-corrected chi connectivity index (χ3v) is 4.85. The second kappa shape index (κ2) is 8.19. The maximum Gasteiger partial charge on any atom is 0.416 e. The van der Waals surface area contributed by atoms with Crippen LogP contribution in [0, 0.1) is 5.82 Å². The summed E-state index contributed by atoms with van der Waals surface area (Å²) < 4.78 is 57.9. The SMILES string of the molecule is Fc1cc(CCNc2ncnc3scnc23)ccc1Oc1cc(C(F)(F)F)ccn1. The number of rotatable bonds is 6. The van der Waals surface area contributed by atoms with Crippen LogP contribution in [-0.2, 0) is 12.6 Å². The average molecular weight is 435 g/mol. The summed E-state index contributed by atoms with van der Waals surface area (Å²) in [6, 6.07) is 5.79. The van der Waals surface area contributed by atoms with E-state index >= 15 is 0 Å². The molecule has 11 heteroatoms. The van der Waals surface area contributed by atoms with E-state index in [0.717, 1.165) is 23.2 Å². The zero-order chi connectivity index (χ0) is 21.1. The predicted molar refractivity (Wildman–Crippen MR) is 103 cm³/mol. The van der Waals surface area contributed by atoms with Crippen molar-refractivity contribution >= 4 is 27.5 Å². The van der Waals surface area contributed by atoms with E-state index in [1.165, 1.54) is 29.8 Å². The molecule has 0 aliphatic heterocycles. The largest absolute Gasteiger partial charge is 0.436 e. The van der Waals surface area contributed by atoms with Gasteiger partial charge in [-0.25, -0.2) is 24.3 Å². The lowest BCUT2D eigenvalue weighted by atomic mass is 10.1. The van der Waals surface area contributed by atoms with Gasteiger partial charge in [0.25, 0.3) is 0 Å². The fourth-order valence-corrected chi connectivity index (χ4v) is 3.31. The van der Waals surface area contributed by atoms with Gasteiger partial charge in [0.1, 0.15) is 16.7 Å². The van der Waals surface area contributed by atoms with Crippen LogP contribution in [0.2, 0.25) is 0 Å². The van der Waals surface area contributed by atoms with Crippen LogP contribution in [-0.4, -0.2) is 26.5 Å². The van der Waals surface area contributed by atoms with Crippen LogP contribution in [0.5, 0.6) is 11.6 Å². The van der Waals surface area contributed by atoms with Gasteiger partial charge in [-0.05, 0) is 30.2 Å². The molecule has 0 aliphatic rings. The first kappa shape index (κ1) is 20.0. The van der Waals surface area contributed by atoms with E-state index in [0.29, 0.717) is 29.9 Å². The molecule has 0 radical (unpaired) electrons. The number of benzene rings is 1. The number of halogens is 4. The van der Waals surface area contributed by atoms with Gasteiger partial charge in [-0.1, -0.05) is 6.07 Å². The van der Waals surface area contributed by atoms with E-state index in [4.69, 9.17) is 4.74 Å². The predicted octanol–water partition coefficient (Wildman–Crippen LogP) is 5.09. The van der Waals surface area contributed by atoms with Gasteiger partial charge in [-0.3, -0.25) is 0 Å². The van der Waals surface area contributed by atoms with Crippen LogP contribution >= 0.6 is 11.3 Å². The number of hydrogen-bond donors (Lipinski definition) is 1. The lowest BCUT2D eigenvalue weighted by Crippen LogP contribution is -2.07. The van der Waals surface area contributed by atoms with Crippen molar-refractivity contribution in [3.63, 3.8) is 0 Å². The number of nitrogens with zero attached hydrogens (tertiary/aromatic N) is 4. The number of pyridine rings is 1. The molecule has 3 heterocycles. The highest BCUT2D eigenvalue weighted by molar-refractivity contribution is 7.16. The molecule has 0 fully saturated rings. The van der Waals surface area contributed by atoms with Crippen LogP contribution < -0.4 is 10.1 Å². The fourth-order valence-electron chi connectivity index (χ4n) is 2.69. The Morgan fingerprint density at radius 3 is 2.70 bits per heavy atom. The zero-order valence-electron chi connectivity index (χ0n) is 15.2. The monoisotopic (exact) mass is 435 g/mol. The van der Waals surface area contributed by atoms with Gasteiger partial charge in [0.2, 0.25) is 5.88 Å². The second-order valence-electron chi connectivity index (χ2n) is 6.15. The van der Waals surface area contributed by atoms with E-state index in [1.54, 1.807) is 11.6 Å². The van der Waals surface area contributed by atoms with Gasteiger partial charge >= 0.3 is 6.18 Å². The van der Waals surface area contributed by atoms with E-state index in [2.05, 4.69) is 25.3 Å². The molecule has 1 N–H and O–H groups in total. The summed E-state index contributed by atoms with van der Waals surface area (Å²) in [5, 5.41) is 3.14. The first-order valence-corrected chi connectivity index (χ1v) is 9.56. The lowest BCUT2D eigenvalue weighted by Gasteiger charge is -2.10. The molecule has 154 valence electrons. The Bertz CT molecular complexity index is 1180. The fraction of sp³-hybridized carbons (Fsp3) is 0.158. The molecule has 0 unspecified atom stereocenters. The average Bonchev–Trinajstić information content (AvgIpc) is 3.19. The maximum atomic E-state index is 14.4. The lowest BCUT2D eigenvalue weighted by molar-refractivity contribution is -0.137. The molecule has 4 rings (SSSR count). The van der Waals surface area contributed by atoms with Crippen molar-refractivity contribution in [2.24, 2.45) is 0 Å². The van der Waals surface area contributed by atoms with Gasteiger partial charge in [0.05, 0.1) is 11.1 Å². The number of anilines is 1. The van der Waals surface area contributed by atoms with Crippen molar-refractivity contribution < 1.29 is 22.3 Å². The first-order valence-electron chi connectivity index (χ1n) is 8.68. The molecule has 0 saturated heterocycles. The van der Waals surface area contributed by atoms with Gasteiger partial charge in [-0.2, -0.15) is 13.2 Å². The van der Waals surface area contributed by atoms with Crippen molar-refractivity contribution in [1.82, 2.24) is 19.9 Å². The third-order valence-electron chi connectivity index (χ3n) is 4.11. The van der Waals surface area contributed by atoms with E-state index in [-0.39, 0.29) is 11.6 Å². The van der Waals surface area contributed by atoms with Crippen LogP contribution in [0.25, 0.3) is 10.3 Å². The molecule has 0 amide bonds. The number of hydrogen-bond acceptors (Lipinski definition) is 7. The van der Waals surface area contributed by atoms with Gasteiger partial charge in [0, 0.05) is 18.8 Å². The summed E-state index contributed by atoms with van der Waals surface area (Å²) in [5.74, 6) is -0.652. The highest BCUT2D eigenvalue weighted by Crippen LogP contribution is 2.32. The number of nitrogens with one attached hydrogen (secondary N) is 1. The number of alkyl halides is 3. The smallest absolute Gasteiger partial charge is 0.416 e. The molecular weight excluding hydrogens is 422 g/mol. The summed E-state index contributed by atoms with van der Waals surface area (Å²) in [4.78, 5) is 16.9. The highest BCUT2D eigenvalue weighted by atomic mass is 32.1. The normalized spacial score (nSPS) is 11.6. The Kier molecular flexibility index (Phi) is 5.44. The van der Waals surface area contributed by atoms with E-state index in [1.807, 2.05) is 0 Å². The van der Waals surface area contributed by atoms with Gasteiger partial charge in [0.15, 0.2) is 17.4 Å². The minimum absolute atomic E-state index is 0.210. The Morgan fingerprint density at radius 1 is 1.03 bits per heavy atom. The van der Waals surface area contributed by atoms with Crippen molar-refractivity contribution in [2.45, 2.75) is 12.6 Å². The van der Waals surface area contributed by atoms with E-state index in [9.17, 15) is 17.6 Å². The molecular formula is C19H13F4N5OS. The minimum Gasteiger partial charge on any atom is -0.436 e. The Morgan fingerprint density at radius 2 is 1.90 bits per heavy atom. The Labute approximate surface area is 171 Å². The minimum atomic E-state index is -4.54. The Hall–Kier alpha value is -3.34. The third kappa shape index (κ3) is 4.46. The molecule has 0 bridgehead atoms. The molecule has 4 aromatic rings. The quantitative estimate of drug-likeness (QED) is 0.426. The molecule has 1 aromatic carbocycles. The van der Waals surface area contributed by atoms with Crippen molar-refractivity contribution in [3.05, 3.63) is 65.3 Å². The standard InChI is InChI=1S/C19H13F4N5OS/c20-13-7-11(3-5-25-17-16-18(27-9-26-17)30-10-28-16)1-2-14(13)29-15-8-12(4-6-24-15)19(21,22)23/h1-2,4,6-10H,3,5H2,(H,25,26,27). The van der Waals surface area contributed by atoms with E-state index < -0.39 is 17.6 Å². The first-order chi connectivity index (χ1) is 14.4. The second-order valence-corrected chi connectivity index (χ2v) is 6.99. The molecule has 0 atom stereocenters. The molecule has 30 heavy (non-hydrogen) atoms. The number of aromatic nitrogens is 4. The number of thiazole rings is 1. The van der Waals surface area contributed by atoms with Crippen molar-refractivity contribution in [1.29, 1.82) is 0 Å². The molecule has 3 aromatic heterocycles. The van der Waals surface area contributed by atoms with Crippen LogP contribution in [0.4, 0.5) is 23.4 Å². The molecule has 0 aliphatic carbocycles. The van der Waals surface area contributed by atoms with Gasteiger partial charge < -0.3 is 10.1 Å². The topological polar surface area (TPSA) is 72.8 Å². The summed E-state index contributed by atoms with van der Waals surface area (Å²) in [5.41, 5.74) is 2.10. The highest BCUT2D eigenvalue weighted by Gasteiger charge is 2.31. The zero-order valence-corrected chi connectivity index (χ0v) is 16.0. The van der Waals surface area contributed by atoms with Crippen molar-refractivity contribution in [2.75, 3.05) is 11.9 Å².